The summed E-state index contributed by atoms with van der Waals surface area (Å²) in [5.41, 5.74) is 0. The van der Waals surface area contributed by atoms with Gasteiger partial charge in [-0.05, 0) is 39.3 Å². The van der Waals surface area contributed by atoms with Gasteiger partial charge in [-0.3, -0.25) is 9.80 Å². The largest absolute Gasteiger partial charge is 0.299 e. The standard InChI is InChI=1S/C13H23N3/c1-15(10-8-14)13-7-4-9-16(11-13)12-5-2-3-6-12/h12-13H,2-7,9-11H2,1H3. The predicted molar refractivity (Wildman–Crippen MR) is 65.1 cm³/mol. The van der Waals surface area contributed by atoms with Gasteiger partial charge in [-0.1, -0.05) is 12.8 Å². The van der Waals surface area contributed by atoms with Crippen LogP contribution in [0.4, 0.5) is 0 Å². The quantitative estimate of drug-likeness (QED) is 0.681. The molecule has 0 aromatic rings. The molecule has 0 aromatic heterocycles. The van der Waals surface area contributed by atoms with E-state index in [1.165, 1.54) is 51.6 Å². The summed E-state index contributed by atoms with van der Waals surface area (Å²) >= 11 is 0. The molecule has 3 nitrogen and oxygen atoms in total. The van der Waals surface area contributed by atoms with E-state index in [4.69, 9.17) is 5.26 Å². The van der Waals surface area contributed by atoms with Crippen molar-refractivity contribution in [1.29, 1.82) is 5.26 Å². The van der Waals surface area contributed by atoms with Gasteiger partial charge in [0, 0.05) is 18.6 Å². The Morgan fingerprint density at radius 3 is 2.69 bits per heavy atom. The molecule has 0 N–H and O–H groups in total. The van der Waals surface area contributed by atoms with Crippen LogP contribution in [-0.2, 0) is 0 Å². The van der Waals surface area contributed by atoms with Crippen LogP contribution in [0, 0.1) is 11.3 Å². The number of nitriles is 1. The second-order valence-electron chi connectivity index (χ2n) is 5.30. The third-order valence-electron chi connectivity index (χ3n) is 4.21. The second kappa shape index (κ2) is 5.65. The Hall–Kier alpha value is -0.590. The molecule has 3 heteroatoms. The molecule has 1 aliphatic heterocycles. The van der Waals surface area contributed by atoms with Crippen molar-refractivity contribution in [2.45, 2.75) is 50.6 Å². The van der Waals surface area contributed by atoms with Gasteiger partial charge in [-0.15, -0.1) is 0 Å². The molecule has 1 saturated heterocycles. The zero-order chi connectivity index (χ0) is 11.4. The summed E-state index contributed by atoms with van der Waals surface area (Å²) in [6, 6.07) is 3.71. The van der Waals surface area contributed by atoms with Gasteiger partial charge in [-0.25, -0.2) is 0 Å². The number of hydrogen-bond donors (Lipinski definition) is 0. The van der Waals surface area contributed by atoms with Crippen LogP contribution < -0.4 is 0 Å². The highest BCUT2D eigenvalue weighted by Crippen LogP contribution is 2.27. The van der Waals surface area contributed by atoms with Gasteiger partial charge in [0.15, 0.2) is 0 Å². The summed E-state index contributed by atoms with van der Waals surface area (Å²) in [5, 5.41) is 8.74. The van der Waals surface area contributed by atoms with Gasteiger partial charge in [0.2, 0.25) is 0 Å². The lowest BCUT2D eigenvalue weighted by Gasteiger charge is -2.39. The molecule has 0 radical (unpaired) electrons. The topological polar surface area (TPSA) is 30.3 Å². The Kier molecular flexibility index (Phi) is 4.20. The highest BCUT2D eigenvalue weighted by Gasteiger charge is 2.29. The van der Waals surface area contributed by atoms with E-state index < -0.39 is 0 Å². The van der Waals surface area contributed by atoms with Crippen molar-refractivity contribution in [2.24, 2.45) is 0 Å². The fraction of sp³-hybridized carbons (Fsp3) is 0.923. The summed E-state index contributed by atoms with van der Waals surface area (Å²) in [4.78, 5) is 4.90. The van der Waals surface area contributed by atoms with Gasteiger partial charge >= 0.3 is 0 Å². The molecule has 1 heterocycles. The van der Waals surface area contributed by atoms with Crippen molar-refractivity contribution in [3.63, 3.8) is 0 Å². The highest BCUT2D eigenvalue weighted by atomic mass is 15.2. The molecule has 2 fully saturated rings. The smallest absolute Gasteiger partial charge is 0.0866 e. The summed E-state index contributed by atoms with van der Waals surface area (Å²) in [6.45, 7) is 3.04. The monoisotopic (exact) mass is 221 g/mol. The lowest BCUT2D eigenvalue weighted by atomic mass is 10.0. The van der Waals surface area contributed by atoms with Gasteiger partial charge in [0.05, 0.1) is 12.6 Å². The Morgan fingerprint density at radius 2 is 2.00 bits per heavy atom. The zero-order valence-electron chi connectivity index (χ0n) is 10.4. The Bertz CT molecular complexity index is 252. The molecular formula is C13H23N3. The molecule has 16 heavy (non-hydrogen) atoms. The number of hydrogen-bond acceptors (Lipinski definition) is 3. The molecular weight excluding hydrogens is 198 g/mol. The van der Waals surface area contributed by atoms with E-state index >= 15 is 0 Å². The van der Waals surface area contributed by atoms with E-state index in [1.54, 1.807) is 0 Å². The highest BCUT2D eigenvalue weighted by molar-refractivity contribution is 4.88. The molecule has 1 saturated carbocycles. The molecule has 1 atom stereocenters. The van der Waals surface area contributed by atoms with E-state index in [0.29, 0.717) is 12.6 Å². The maximum Gasteiger partial charge on any atom is 0.0866 e. The summed E-state index contributed by atoms with van der Waals surface area (Å²) < 4.78 is 0. The number of likely N-dealkylation sites (tertiary alicyclic amines) is 1. The van der Waals surface area contributed by atoms with E-state index in [1.807, 2.05) is 0 Å². The zero-order valence-corrected chi connectivity index (χ0v) is 10.4. The second-order valence-corrected chi connectivity index (χ2v) is 5.30. The molecule has 0 amide bonds. The van der Waals surface area contributed by atoms with Gasteiger partial charge in [0.25, 0.3) is 0 Å². The van der Waals surface area contributed by atoms with Crippen LogP contribution in [0.25, 0.3) is 0 Å². The minimum absolute atomic E-state index is 0.573. The first-order valence-electron chi connectivity index (χ1n) is 6.62. The average molecular weight is 221 g/mol. The summed E-state index contributed by atoms with van der Waals surface area (Å²) in [6.07, 6.45) is 8.20. The number of rotatable bonds is 3. The number of likely N-dealkylation sites (N-methyl/N-ethyl adjacent to an activating group) is 1. The minimum atomic E-state index is 0.573. The number of piperidine rings is 1. The van der Waals surface area contributed by atoms with E-state index in [9.17, 15) is 0 Å². The van der Waals surface area contributed by atoms with Crippen molar-refractivity contribution in [3.8, 4) is 6.07 Å². The van der Waals surface area contributed by atoms with Gasteiger partial charge in [-0.2, -0.15) is 5.26 Å². The van der Waals surface area contributed by atoms with Crippen LogP contribution in [0.3, 0.4) is 0 Å². The van der Waals surface area contributed by atoms with E-state index in [-0.39, 0.29) is 0 Å². The maximum atomic E-state index is 8.74. The van der Waals surface area contributed by atoms with Crippen LogP contribution in [0.1, 0.15) is 38.5 Å². The van der Waals surface area contributed by atoms with Crippen LogP contribution in [0.15, 0.2) is 0 Å². The molecule has 90 valence electrons. The van der Waals surface area contributed by atoms with Gasteiger partial charge in [0.1, 0.15) is 0 Å². The molecule has 1 unspecified atom stereocenters. The van der Waals surface area contributed by atoms with Gasteiger partial charge < -0.3 is 0 Å². The van der Waals surface area contributed by atoms with E-state index in [0.717, 1.165) is 6.04 Å². The van der Waals surface area contributed by atoms with E-state index in [2.05, 4.69) is 22.9 Å². The minimum Gasteiger partial charge on any atom is -0.299 e. The lowest BCUT2D eigenvalue weighted by Crippen LogP contribution is -2.49. The molecule has 2 rings (SSSR count). The lowest BCUT2D eigenvalue weighted by molar-refractivity contribution is 0.0921. The molecule has 0 bridgehead atoms. The Balaban J connectivity index is 1.86. The van der Waals surface area contributed by atoms with Crippen LogP contribution in [-0.4, -0.2) is 48.6 Å². The molecule has 1 aliphatic carbocycles. The first kappa shape index (κ1) is 11.9. The first-order chi connectivity index (χ1) is 7.81. The fourth-order valence-electron chi connectivity index (χ4n) is 3.18. The van der Waals surface area contributed by atoms with Crippen molar-refractivity contribution in [2.75, 3.05) is 26.7 Å². The third kappa shape index (κ3) is 2.75. The molecule has 2 aliphatic rings. The van der Waals surface area contributed by atoms with Crippen molar-refractivity contribution >= 4 is 0 Å². The Morgan fingerprint density at radius 1 is 1.25 bits per heavy atom. The SMILES string of the molecule is CN(CC#N)C1CCCN(C2CCCC2)C1. The van der Waals surface area contributed by atoms with Crippen LogP contribution in [0.2, 0.25) is 0 Å². The third-order valence-corrected chi connectivity index (χ3v) is 4.21. The molecule has 0 aromatic carbocycles. The average Bonchev–Trinajstić information content (AvgIpc) is 2.83. The van der Waals surface area contributed by atoms with Crippen LogP contribution >= 0.6 is 0 Å². The Labute approximate surface area is 99.0 Å². The first-order valence-corrected chi connectivity index (χ1v) is 6.62. The van der Waals surface area contributed by atoms with Crippen molar-refractivity contribution < 1.29 is 0 Å². The normalized spacial score (nSPS) is 28.4. The fourth-order valence-corrected chi connectivity index (χ4v) is 3.18. The summed E-state index contributed by atoms with van der Waals surface area (Å²) in [5.74, 6) is 0. The summed E-state index contributed by atoms with van der Waals surface area (Å²) in [7, 11) is 2.09. The molecule has 0 spiro atoms. The van der Waals surface area contributed by atoms with Crippen LogP contribution in [0.5, 0.6) is 0 Å². The van der Waals surface area contributed by atoms with Crippen molar-refractivity contribution in [3.05, 3.63) is 0 Å². The van der Waals surface area contributed by atoms with Crippen molar-refractivity contribution in [1.82, 2.24) is 9.80 Å². The number of nitrogens with zero attached hydrogens (tertiary/aromatic N) is 3. The maximum absolute atomic E-state index is 8.74. The predicted octanol–water partition coefficient (Wildman–Crippen LogP) is 1.85.